The van der Waals surface area contributed by atoms with Crippen molar-refractivity contribution < 1.29 is 4.79 Å². The van der Waals surface area contributed by atoms with Gasteiger partial charge in [-0.3, -0.25) is 9.78 Å². The maximum atomic E-state index is 13.0. The Morgan fingerprint density at radius 1 is 1.06 bits per heavy atom. The highest BCUT2D eigenvalue weighted by Crippen LogP contribution is 2.25. The first-order valence-corrected chi connectivity index (χ1v) is 10.4. The number of carbonyl (C=O) groups excluding carboxylic acids is 1. The van der Waals surface area contributed by atoms with Crippen LogP contribution in [0.4, 0.5) is 0 Å². The number of amides is 1. The van der Waals surface area contributed by atoms with E-state index < -0.39 is 0 Å². The third-order valence-electron chi connectivity index (χ3n) is 4.99. The van der Waals surface area contributed by atoms with Gasteiger partial charge >= 0.3 is 0 Å². The summed E-state index contributed by atoms with van der Waals surface area (Å²) in [5, 5.41) is 12.0. The fourth-order valence-corrected chi connectivity index (χ4v) is 3.37. The molecular formula is C24H22ClN5O. The zero-order chi connectivity index (χ0) is 21.8. The van der Waals surface area contributed by atoms with Crippen LogP contribution in [0, 0.1) is 0 Å². The van der Waals surface area contributed by atoms with Gasteiger partial charge in [-0.05, 0) is 53.4 Å². The van der Waals surface area contributed by atoms with Crippen LogP contribution in [0.2, 0.25) is 5.02 Å². The number of hydrogen-bond donors (Lipinski definition) is 1. The minimum absolute atomic E-state index is 0.238. The zero-order valence-corrected chi connectivity index (χ0v) is 18.0. The molecule has 7 heteroatoms. The van der Waals surface area contributed by atoms with Crippen LogP contribution >= 0.6 is 11.6 Å². The molecular weight excluding hydrogens is 410 g/mol. The Morgan fingerprint density at radius 2 is 1.81 bits per heavy atom. The molecule has 0 aliphatic rings. The van der Waals surface area contributed by atoms with Crippen LogP contribution in [-0.4, -0.2) is 25.9 Å². The Labute approximate surface area is 185 Å². The summed E-state index contributed by atoms with van der Waals surface area (Å²) in [6.07, 6.45) is 3.37. The molecule has 4 aromatic rings. The number of hydrogen-bond acceptors (Lipinski definition) is 4. The van der Waals surface area contributed by atoms with Gasteiger partial charge in [0.1, 0.15) is 5.69 Å². The SMILES string of the molecule is CC(C)c1ccc(CNC(=O)c2nnn(-c3ccc(Cl)cc3)c2-c2cccnc2)cc1. The number of pyridine rings is 1. The van der Waals surface area contributed by atoms with Gasteiger partial charge in [-0.2, -0.15) is 0 Å². The van der Waals surface area contributed by atoms with Crippen LogP contribution in [0.3, 0.4) is 0 Å². The summed E-state index contributed by atoms with van der Waals surface area (Å²) in [4.78, 5) is 17.2. The van der Waals surface area contributed by atoms with Crippen molar-refractivity contribution in [2.75, 3.05) is 0 Å². The van der Waals surface area contributed by atoms with Crippen molar-refractivity contribution in [1.29, 1.82) is 0 Å². The number of carbonyl (C=O) groups is 1. The second-order valence-corrected chi connectivity index (χ2v) is 7.93. The highest BCUT2D eigenvalue weighted by atomic mass is 35.5. The van der Waals surface area contributed by atoms with Crippen LogP contribution in [0.25, 0.3) is 16.9 Å². The molecule has 0 atom stereocenters. The van der Waals surface area contributed by atoms with Crippen molar-refractivity contribution in [3.05, 3.63) is 94.9 Å². The maximum absolute atomic E-state index is 13.0. The molecule has 0 saturated heterocycles. The number of halogens is 1. The number of nitrogens with one attached hydrogen (secondary N) is 1. The molecule has 1 N–H and O–H groups in total. The van der Waals surface area contributed by atoms with Gasteiger partial charge in [0.05, 0.1) is 5.69 Å². The number of aromatic nitrogens is 4. The van der Waals surface area contributed by atoms with Gasteiger partial charge in [0.15, 0.2) is 5.69 Å². The Morgan fingerprint density at radius 3 is 2.45 bits per heavy atom. The fourth-order valence-electron chi connectivity index (χ4n) is 3.25. The molecule has 2 aromatic heterocycles. The van der Waals surface area contributed by atoms with Crippen molar-refractivity contribution in [1.82, 2.24) is 25.3 Å². The lowest BCUT2D eigenvalue weighted by molar-refractivity contribution is 0.0946. The smallest absolute Gasteiger partial charge is 0.274 e. The first-order chi connectivity index (χ1) is 15.0. The van der Waals surface area contributed by atoms with Gasteiger partial charge in [0, 0.05) is 29.5 Å². The molecule has 0 fully saturated rings. The monoisotopic (exact) mass is 431 g/mol. The number of nitrogens with zero attached hydrogens (tertiary/aromatic N) is 4. The van der Waals surface area contributed by atoms with E-state index in [2.05, 4.69) is 46.6 Å². The fraction of sp³-hybridized carbons (Fsp3) is 0.167. The molecule has 2 heterocycles. The molecule has 0 radical (unpaired) electrons. The molecule has 4 rings (SSSR count). The van der Waals surface area contributed by atoms with Crippen LogP contribution in [0.15, 0.2) is 73.1 Å². The van der Waals surface area contributed by atoms with E-state index >= 15 is 0 Å². The van der Waals surface area contributed by atoms with E-state index in [1.165, 1.54) is 5.56 Å². The van der Waals surface area contributed by atoms with Gasteiger partial charge in [0.2, 0.25) is 0 Å². The van der Waals surface area contributed by atoms with Gasteiger partial charge in [0.25, 0.3) is 5.91 Å². The summed E-state index contributed by atoms with van der Waals surface area (Å²) in [7, 11) is 0. The van der Waals surface area contributed by atoms with Crippen molar-refractivity contribution in [3.8, 4) is 16.9 Å². The molecule has 156 valence electrons. The predicted octanol–water partition coefficient (Wildman–Crippen LogP) is 5.04. The van der Waals surface area contributed by atoms with E-state index in [9.17, 15) is 4.79 Å². The van der Waals surface area contributed by atoms with Crippen molar-refractivity contribution in [2.45, 2.75) is 26.3 Å². The van der Waals surface area contributed by atoms with Crippen LogP contribution < -0.4 is 5.32 Å². The predicted molar refractivity (Wildman–Crippen MR) is 121 cm³/mol. The lowest BCUT2D eigenvalue weighted by atomic mass is 10.0. The maximum Gasteiger partial charge on any atom is 0.274 e. The standard InChI is InChI=1S/C24H22ClN5O/c1-16(2)18-7-5-17(6-8-18)14-27-24(31)22-23(19-4-3-13-26-15-19)30(29-28-22)21-11-9-20(25)10-12-21/h3-13,15-16H,14H2,1-2H3,(H,27,31). The number of rotatable bonds is 6. The Hall–Kier alpha value is -3.51. The molecule has 0 aliphatic heterocycles. The molecule has 0 aliphatic carbocycles. The highest BCUT2D eigenvalue weighted by Gasteiger charge is 2.22. The molecule has 1 amide bonds. The quantitative estimate of drug-likeness (QED) is 0.464. The molecule has 6 nitrogen and oxygen atoms in total. The van der Waals surface area contributed by atoms with E-state index in [0.29, 0.717) is 23.2 Å². The van der Waals surface area contributed by atoms with Gasteiger partial charge < -0.3 is 5.32 Å². The van der Waals surface area contributed by atoms with E-state index in [4.69, 9.17) is 11.6 Å². The van der Waals surface area contributed by atoms with Crippen molar-refractivity contribution in [3.63, 3.8) is 0 Å². The van der Waals surface area contributed by atoms with Crippen molar-refractivity contribution in [2.24, 2.45) is 0 Å². The lowest BCUT2D eigenvalue weighted by Gasteiger charge is -2.10. The Balaban J connectivity index is 1.63. The highest BCUT2D eigenvalue weighted by molar-refractivity contribution is 6.30. The first-order valence-electron chi connectivity index (χ1n) is 10.0. The minimum atomic E-state index is -0.299. The van der Waals surface area contributed by atoms with E-state index in [0.717, 1.165) is 16.8 Å². The molecule has 0 spiro atoms. The van der Waals surface area contributed by atoms with Gasteiger partial charge in [-0.1, -0.05) is 54.9 Å². The topological polar surface area (TPSA) is 72.7 Å². The molecule has 0 saturated carbocycles. The summed E-state index contributed by atoms with van der Waals surface area (Å²) in [6, 6.07) is 19.1. The normalized spacial score (nSPS) is 11.0. The summed E-state index contributed by atoms with van der Waals surface area (Å²) >= 11 is 6.02. The Kier molecular flexibility index (Phi) is 6.09. The third-order valence-corrected chi connectivity index (χ3v) is 5.24. The van der Waals surface area contributed by atoms with Crippen molar-refractivity contribution >= 4 is 17.5 Å². The largest absolute Gasteiger partial charge is 0.346 e. The van der Waals surface area contributed by atoms with E-state index in [1.807, 2.05) is 36.4 Å². The van der Waals surface area contributed by atoms with Gasteiger partial charge in [-0.15, -0.1) is 5.10 Å². The summed E-state index contributed by atoms with van der Waals surface area (Å²) < 4.78 is 1.62. The summed E-state index contributed by atoms with van der Waals surface area (Å²) in [6.45, 7) is 4.71. The van der Waals surface area contributed by atoms with Crippen LogP contribution in [-0.2, 0) is 6.54 Å². The first kappa shape index (κ1) is 20.8. The van der Waals surface area contributed by atoms with Crippen LogP contribution in [0.1, 0.15) is 41.4 Å². The summed E-state index contributed by atoms with van der Waals surface area (Å²) in [5.74, 6) is 0.167. The molecule has 0 unspecified atom stereocenters. The van der Waals surface area contributed by atoms with Gasteiger partial charge in [-0.25, -0.2) is 4.68 Å². The average Bonchev–Trinajstić information content (AvgIpc) is 3.24. The van der Waals surface area contributed by atoms with E-state index in [1.54, 1.807) is 29.2 Å². The third kappa shape index (κ3) is 4.64. The average molecular weight is 432 g/mol. The minimum Gasteiger partial charge on any atom is -0.346 e. The second kappa shape index (κ2) is 9.10. The zero-order valence-electron chi connectivity index (χ0n) is 17.3. The lowest BCUT2D eigenvalue weighted by Crippen LogP contribution is -2.24. The molecule has 31 heavy (non-hydrogen) atoms. The second-order valence-electron chi connectivity index (χ2n) is 7.50. The molecule has 2 aromatic carbocycles. The van der Waals surface area contributed by atoms with E-state index in [-0.39, 0.29) is 11.6 Å². The van der Waals surface area contributed by atoms with Crippen LogP contribution in [0.5, 0.6) is 0 Å². The Bertz CT molecular complexity index is 1170. The molecule has 0 bridgehead atoms. The number of benzene rings is 2. The summed E-state index contributed by atoms with van der Waals surface area (Å²) in [5.41, 5.74) is 4.59.